The maximum atomic E-state index is 13.8. The molecular weight excluding hydrogens is 224 g/mol. The molecule has 4 heteroatoms. The van der Waals surface area contributed by atoms with Crippen molar-refractivity contribution < 1.29 is 13.5 Å². The van der Waals surface area contributed by atoms with Gasteiger partial charge in [-0.1, -0.05) is 12.1 Å². The molecule has 1 aromatic carbocycles. The van der Waals surface area contributed by atoms with Gasteiger partial charge in [-0.15, -0.1) is 0 Å². The Morgan fingerprint density at radius 3 is 2.65 bits per heavy atom. The highest BCUT2D eigenvalue weighted by Gasteiger charge is 2.30. The lowest BCUT2D eigenvalue weighted by Gasteiger charge is -2.19. The van der Waals surface area contributed by atoms with Crippen LogP contribution in [-0.4, -0.2) is 12.7 Å². The monoisotopic (exact) mass is 241 g/mol. The van der Waals surface area contributed by atoms with Crippen LogP contribution in [0.25, 0.3) is 0 Å². The Hall–Kier alpha value is -1.00. The molecule has 1 saturated heterocycles. The van der Waals surface area contributed by atoms with Crippen molar-refractivity contribution in [2.75, 3.05) is 6.61 Å². The average molecular weight is 241 g/mol. The predicted molar refractivity (Wildman–Crippen MR) is 61.5 cm³/mol. The van der Waals surface area contributed by atoms with Crippen molar-refractivity contribution in [1.29, 1.82) is 0 Å². The lowest BCUT2D eigenvalue weighted by molar-refractivity contribution is 0.118. The molecule has 0 aromatic heterocycles. The summed E-state index contributed by atoms with van der Waals surface area (Å²) < 4.78 is 32.6. The largest absolute Gasteiger partial charge is 0.378 e. The second-order valence-electron chi connectivity index (χ2n) is 4.77. The van der Waals surface area contributed by atoms with Crippen molar-refractivity contribution in [3.8, 4) is 0 Å². The van der Waals surface area contributed by atoms with Crippen molar-refractivity contribution in [3.63, 3.8) is 0 Å². The third-order valence-corrected chi connectivity index (χ3v) is 3.40. The minimum absolute atomic E-state index is 0.0570. The Morgan fingerprint density at radius 1 is 1.35 bits per heavy atom. The molecule has 1 heterocycles. The molecule has 1 aliphatic heterocycles. The van der Waals surface area contributed by atoms with Crippen LogP contribution in [0.2, 0.25) is 0 Å². The van der Waals surface area contributed by atoms with E-state index in [9.17, 15) is 8.78 Å². The Labute approximate surface area is 99.8 Å². The summed E-state index contributed by atoms with van der Waals surface area (Å²) in [5.41, 5.74) is 6.54. The number of nitrogens with two attached hydrogens (primary N) is 1. The zero-order valence-corrected chi connectivity index (χ0v) is 10.0. The fourth-order valence-electron chi connectivity index (χ4n) is 2.27. The molecule has 17 heavy (non-hydrogen) atoms. The first-order valence-electron chi connectivity index (χ1n) is 5.82. The summed E-state index contributed by atoms with van der Waals surface area (Å²) in [7, 11) is 0. The first-order chi connectivity index (χ1) is 8.00. The lowest BCUT2D eigenvalue weighted by atomic mass is 9.91. The molecule has 2 nitrogen and oxygen atoms in total. The van der Waals surface area contributed by atoms with Crippen molar-refractivity contribution in [2.45, 2.75) is 32.4 Å². The Morgan fingerprint density at radius 2 is 2.06 bits per heavy atom. The molecule has 1 fully saturated rings. The molecule has 0 aliphatic carbocycles. The summed E-state index contributed by atoms with van der Waals surface area (Å²) in [4.78, 5) is 0. The van der Waals surface area contributed by atoms with Crippen LogP contribution in [0, 0.1) is 24.5 Å². The van der Waals surface area contributed by atoms with Gasteiger partial charge in [0.2, 0.25) is 0 Å². The molecule has 3 unspecified atom stereocenters. The Kier molecular flexibility index (Phi) is 3.45. The van der Waals surface area contributed by atoms with Gasteiger partial charge in [0, 0.05) is 17.5 Å². The number of hydrogen-bond donors (Lipinski definition) is 1. The molecule has 1 aliphatic rings. The number of hydrogen-bond acceptors (Lipinski definition) is 2. The van der Waals surface area contributed by atoms with Gasteiger partial charge in [0.15, 0.2) is 11.6 Å². The summed E-state index contributed by atoms with van der Waals surface area (Å²) in [5.74, 6) is -1.57. The van der Waals surface area contributed by atoms with E-state index in [1.54, 1.807) is 12.1 Å². The fraction of sp³-hybridized carbons (Fsp3) is 0.538. The molecule has 0 bridgehead atoms. The van der Waals surface area contributed by atoms with E-state index in [1.165, 1.54) is 6.92 Å². The summed E-state index contributed by atoms with van der Waals surface area (Å²) >= 11 is 0. The van der Waals surface area contributed by atoms with Crippen LogP contribution in [0.3, 0.4) is 0 Å². The topological polar surface area (TPSA) is 35.2 Å². The van der Waals surface area contributed by atoms with Gasteiger partial charge in [0.1, 0.15) is 0 Å². The summed E-state index contributed by atoms with van der Waals surface area (Å²) in [5, 5.41) is 0. The van der Waals surface area contributed by atoms with Crippen molar-refractivity contribution >= 4 is 0 Å². The fourth-order valence-corrected chi connectivity index (χ4v) is 2.27. The molecule has 0 saturated carbocycles. The molecule has 3 atom stereocenters. The molecule has 2 N–H and O–H groups in total. The number of rotatable bonds is 2. The van der Waals surface area contributed by atoms with Gasteiger partial charge in [-0.2, -0.15) is 0 Å². The van der Waals surface area contributed by atoms with Gasteiger partial charge in [-0.3, -0.25) is 0 Å². The normalized spacial score (nSPS) is 26.2. The molecule has 2 rings (SSSR count). The van der Waals surface area contributed by atoms with Crippen LogP contribution in [0.1, 0.15) is 30.5 Å². The van der Waals surface area contributed by atoms with Gasteiger partial charge in [0.25, 0.3) is 0 Å². The second-order valence-corrected chi connectivity index (χ2v) is 4.77. The smallest absolute Gasteiger partial charge is 0.163 e. The number of benzene rings is 1. The third-order valence-electron chi connectivity index (χ3n) is 3.40. The van der Waals surface area contributed by atoms with Crippen LogP contribution in [0.15, 0.2) is 12.1 Å². The molecule has 0 radical (unpaired) electrons. The minimum atomic E-state index is -0.822. The predicted octanol–water partition coefficient (Wildman–Crippen LogP) is 2.70. The van der Waals surface area contributed by atoms with Gasteiger partial charge < -0.3 is 10.5 Å². The van der Waals surface area contributed by atoms with E-state index >= 15 is 0 Å². The molecule has 0 spiro atoms. The number of ether oxygens (including phenoxy) is 1. The Balaban J connectivity index is 2.25. The van der Waals surface area contributed by atoms with Crippen LogP contribution in [0.5, 0.6) is 0 Å². The van der Waals surface area contributed by atoms with Crippen molar-refractivity contribution in [3.05, 3.63) is 34.9 Å². The molecular formula is C13H17F2NO. The van der Waals surface area contributed by atoms with Gasteiger partial charge in [-0.05, 0) is 25.8 Å². The maximum absolute atomic E-state index is 13.8. The van der Waals surface area contributed by atoms with E-state index in [0.717, 1.165) is 6.42 Å². The summed E-state index contributed by atoms with van der Waals surface area (Å²) in [6.45, 7) is 4.00. The van der Waals surface area contributed by atoms with E-state index in [4.69, 9.17) is 10.5 Å². The van der Waals surface area contributed by atoms with Gasteiger partial charge >= 0.3 is 0 Å². The highest BCUT2D eigenvalue weighted by molar-refractivity contribution is 5.28. The summed E-state index contributed by atoms with van der Waals surface area (Å²) in [6.07, 6.45) is 0.931. The first kappa shape index (κ1) is 12.5. The zero-order chi connectivity index (χ0) is 12.6. The van der Waals surface area contributed by atoms with Crippen LogP contribution in [0.4, 0.5) is 8.78 Å². The third kappa shape index (κ3) is 2.33. The highest BCUT2D eigenvalue weighted by Crippen LogP contribution is 2.32. The average Bonchev–Trinajstić information content (AvgIpc) is 2.72. The number of aryl methyl sites for hydroxylation is 1. The molecule has 0 amide bonds. The SMILES string of the molecule is Cc1ccc(C(N)C2COC(C)C2)c(F)c1F. The highest BCUT2D eigenvalue weighted by atomic mass is 19.2. The first-order valence-corrected chi connectivity index (χ1v) is 5.82. The molecule has 1 aromatic rings. The van der Waals surface area contributed by atoms with Crippen LogP contribution >= 0.6 is 0 Å². The van der Waals surface area contributed by atoms with E-state index in [-0.39, 0.29) is 17.6 Å². The summed E-state index contributed by atoms with van der Waals surface area (Å²) in [6, 6.07) is 2.63. The quantitative estimate of drug-likeness (QED) is 0.864. The lowest BCUT2D eigenvalue weighted by Crippen LogP contribution is -2.23. The van der Waals surface area contributed by atoms with Crippen molar-refractivity contribution in [1.82, 2.24) is 0 Å². The van der Waals surface area contributed by atoms with Crippen LogP contribution in [-0.2, 0) is 4.74 Å². The number of halogens is 2. The van der Waals surface area contributed by atoms with E-state index in [1.807, 2.05) is 6.92 Å². The minimum Gasteiger partial charge on any atom is -0.378 e. The van der Waals surface area contributed by atoms with E-state index in [0.29, 0.717) is 12.2 Å². The standard InChI is InChI=1S/C13H17F2NO/c1-7-3-4-10(12(15)11(7)14)13(16)9-5-8(2)17-6-9/h3-4,8-9,13H,5-6,16H2,1-2H3. The second kappa shape index (κ2) is 4.70. The van der Waals surface area contributed by atoms with E-state index in [2.05, 4.69) is 0 Å². The van der Waals surface area contributed by atoms with Crippen molar-refractivity contribution in [2.24, 2.45) is 11.7 Å². The van der Waals surface area contributed by atoms with E-state index < -0.39 is 17.7 Å². The molecule has 94 valence electrons. The van der Waals surface area contributed by atoms with Crippen LogP contribution < -0.4 is 5.73 Å². The Bertz CT molecular complexity index is 422. The zero-order valence-electron chi connectivity index (χ0n) is 10.0. The van der Waals surface area contributed by atoms with Gasteiger partial charge in [-0.25, -0.2) is 8.78 Å². The maximum Gasteiger partial charge on any atom is 0.163 e. The van der Waals surface area contributed by atoms with Gasteiger partial charge in [0.05, 0.1) is 12.7 Å².